The first-order valence-electron chi connectivity index (χ1n) is 8.91. The predicted molar refractivity (Wildman–Crippen MR) is 101 cm³/mol. The number of hydrogen-bond donors (Lipinski definition) is 0. The summed E-state index contributed by atoms with van der Waals surface area (Å²) in [5.41, 5.74) is -1.33. The van der Waals surface area contributed by atoms with Gasteiger partial charge in [0.05, 0.1) is 11.1 Å². The number of hydrogen-bond acceptors (Lipinski definition) is 3. The lowest BCUT2D eigenvalue weighted by Gasteiger charge is -2.13. The summed E-state index contributed by atoms with van der Waals surface area (Å²) in [6.45, 7) is 0. The Hall–Kier alpha value is -3.62. The van der Waals surface area contributed by atoms with E-state index in [1.165, 1.54) is 24.3 Å². The molecule has 0 N–H and O–H groups in total. The van der Waals surface area contributed by atoms with E-state index >= 15 is 0 Å². The summed E-state index contributed by atoms with van der Waals surface area (Å²) in [6.07, 6.45) is -9.06. The van der Waals surface area contributed by atoms with Crippen molar-refractivity contribution in [3.63, 3.8) is 0 Å². The van der Waals surface area contributed by atoms with Gasteiger partial charge in [-0.1, -0.05) is 36.4 Å². The van der Waals surface area contributed by atoms with Gasteiger partial charge in [-0.2, -0.15) is 26.3 Å². The minimum Gasteiger partial charge on any atom is -0.437 e. The second-order valence-corrected chi connectivity index (χ2v) is 6.61. The van der Waals surface area contributed by atoms with Crippen molar-refractivity contribution in [2.75, 3.05) is 0 Å². The summed E-state index contributed by atoms with van der Waals surface area (Å²) in [7, 11) is 0. The molecular formula is C22H12F6N2O. The minimum atomic E-state index is -4.54. The molecular weight excluding hydrogens is 422 g/mol. The van der Waals surface area contributed by atoms with Crippen molar-refractivity contribution in [1.82, 2.24) is 10.2 Å². The van der Waals surface area contributed by atoms with Crippen molar-refractivity contribution in [1.29, 1.82) is 0 Å². The minimum absolute atomic E-state index is 0.0642. The number of halogens is 6. The molecule has 4 aromatic rings. The number of aromatic nitrogens is 2. The summed E-state index contributed by atoms with van der Waals surface area (Å²) < 4.78 is 83.7. The van der Waals surface area contributed by atoms with E-state index in [0.29, 0.717) is 10.8 Å². The van der Waals surface area contributed by atoms with E-state index in [1.54, 1.807) is 24.3 Å². The Bertz CT molecular complexity index is 1250. The van der Waals surface area contributed by atoms with Crippen molar-refractivity contribution < 1.29 is 31.1 Å². The first kappa shape index (κ1) is 20.6. The Balaban J connectivity index is 1.78. The van der Waals surface area contributed by atoms with E-state index in [4.69, 9.17) is 4.74 Å². The Morgan fingerprint density at radius 3 is 1.90 bits per heavy atom. The highest BCUT2D eigenvalue weighted by Gasteiger charge is 2.31. The Kier molecular flexibility index (Phi) is 5.04. The molecule has 3 nitrogen and oxygen atoms in total. The number of rotatable bonds is 3. The maximum absolute atomic E-state index is 13.1. The summed E-state index contributed by atoms with van der Waals surface area (Å²) in [4.78, 5) is 0. The number of fused-ring (bicyclic) bond motifs is 1. The molecule has 0 aliphatic carbocycles. The molecule has 1 aromatic heterocycles. The largest absolute Gasteiger partial charge is 0.437 e. The van der Waals surface area contributed by atoms with Gasteiger partial charge in [-0.25, -0.2) is 0 Å². The van der Waals surface area contributed by atoms with Gasteiger partial charge >= 0.3 is 12.4 Å². The fourth-order valence-corrected chi connectivity index (χ4v) is 3.06. The van der Waals surface area contributed by atoms with E-state index in [1.807, 2.05) is 0 Å². The van der Waals surface area contributed by atoms with Gasteiger partial charge in [0.25, 0.3) is 0 Å². The van der Waals surface area contributed by atoms with Crippen LogP contribution < -0.4 is 4.74 Å². The van der Waals surface area contributed by atoms with Crippen molar-refractivity contribution >= 4 is 10.8 Å². The first-order chi connectivity index (χ1) is 14.6. The summed E-state index contributed by atoms with van der Waals surface area (Å²) >= 11 is 0. The number of benzene rings is 3. The van der Waals surface area contributed by atoms with Crippen molar-refractivity contribution in [2.24, 2.45) is 0 Å². The summed E-state index contributed by atoms with van der Waals surface area (Å²) in [5, 5.41) is 8.76. The standard InChI is InChI=1S/C22H12F6N2O/c23-21(24,25)14-6-3-5-13(11-14)19-17-9-1-2-10-18(17)20(30-29-19)31-16-8-4-7-15(12-16)22(26,27)28/h1-12H. The van der Waals surface area contributed by atoms with E-state index in [2.05, 4.69) is 10.2 Å². The van der Waals surface area contributed by atoms with Gasteiger partial charge in [-0.15, -0.1) is 10.2 Å². The second kappa shape index (κ2) is 7.57. The van der Waals surface area contributed by atoms with E-state index in [0.717, 1.165) is 24.3 Å². The van der Waals surface area contributed by atoms with E-state index in [9.17, 15) is 26.3 Å². The van der Waals surface area contributed by atoms with Crippen LogP contribution in [0.5, 0.6) is 11.6 Å². The molecule has 0 aliphatic rings. The van der Waals surface area contributed by atoms with Gasteiger partial charge in [-0.3, -0.25) is 0 Å². The number of ether oxygens (including phenoxy) is 1. The maximum Gasteiger partial charge on any atom is 0.416 e. The normalized spacial score (nSPS) is 12.2. The molecule has 0 bridgehead atoms. The lowest BCUT2D eigenvalue weighted by molar-refractivity contribution is -0.138. The molecule has 0 fully saturated rings. The fourth-order valence-electron chi connectivity index (χ4n) is 3.06. The molecule has 31 heavy (non-hydrogen) atoms. The van der Waals surface area contributed by atoms with Crippen LogP contribution in [0, 0.1) is 0 Å². The maximum atomic E-state index is 13.1. The quantitative estimate of drug-likeness (QED) is 0.322. The van der Waals surface area contributed by atoms with Crippen LogP contribution in [0.4, 0.5) is 26.3 Å². The molecule has 0 radical (unpaired) electrons. The molecule has 9 heteroatoms. The topological polar surface area (TPSA) is 35.0 Å². The molecule has 0 saturated carbocycles. The highest BCUT2D eigenvalue weighted by Crippen LogP contribution is 2.37. The van der Waals surface area contributed by atoms with E-state index in [-0.39, 0.29) is 22.9 Å². The third-order valence-corrected chi connectivity index (χ3v) is 4.49. The zero-order valence-corrected chi connectivity index (χ0v) is 15.5. The van der Waals surface area contributed by atoms with E-state index < -0.39 is 23.5 Å². The third kappa shape index (κ3) is 4.30. The first-order valence-corrected chi connectivity index (χ1v) is 8.91. The van der Waals surface area contributed by atoms with Gasteiger partial charge in [-0.05, 0) is 36.4 Å². The fraction of sp³-hybridized carbons (Fsp3) is 0.0909. The average molecular weight is 434 g/mol. The predicted octanol–water partition coefficient (Wildman–Crippen LogP) is 7.13. The van der Waals surface area contributed by atoms with Crippen LogP contribution in [0.2, 0.25) is 0 Å². The van der Waals surface area contributed by atoms with Gasteiger partial charge < -0.3 is 4.74 Å². The van der Waals surface area contributed by atoms with Gasteiger partial charge in [0.15, 0.2) is 0 Å². The molecule has 4 rings (SSSR count). The second-order valence-electron chi connectivity index (χ2n) is 6.61. The molecule has 0 aliphatic heterocycles. The highest BCUT2D eigenvalue weighted by molar-refractivity contribution is 5.97. The third-order valence-electron chi connectivity index (χ3n) is 4.49. The number of alkyl halides is 6. The molecule has 0 amide bonds. The lowest BCUT2D eigenvalue weighted by atomic mass is 10.0. The molecule has 0 unspecified atom stereocenters. The van der Waals surface area contributed by atoms with Crippen molar-refractivity contribution in [3.05, 3.63) is 83.9 Å². The molecule has 0 saturated heterocycles. The Morgan fingerprint density at radius 1 is 0.613 bits per heavy atom. The Labute approximate surface area is 171 Å². The van der Waals surface area contributed by atoms with Crippen LogP contribution in [0.15, 0.2) is 72.8 Å². The lowest BCUT2D eigenvalue weighted by Crippen LogP contribution is -2.05. The van der Waals surface area contributed by atoms with Crippen molar-refractivity contribution in [2.45, 2.75) is 12.4 Å². The van der Waals surface area contributed by atoms with Crippen molar-refractivity contribution in [3.8, 4) is 22.9 Å². The zero-order valence-electron chi connectivity index (χ0n) is 15.5. The van der Waals surface area contributed by atoms with Gasteiger partial charge in [0, 0.05) is 16.3 Å². The van der Waals surface area contributed by atoms with Crippen LogP contribution in [0.25, 0.3) is 22.0 Å². The smallest absolute Gasteiger partial charge is 0.416 e. The molecule has 0 spiro atoms. The SMILES string of the molecule is FC(F)(F)c1cccc(Oc2nnc(-c3cccc(C(F)(F)F)c3)c3ccccc23)c1. The average Bonchev–Trinajstić information content (AvgIpc) is 2.73. The van der Waals surface area contributed by atoms with Crippen LogP contribution in [-0.2, 0) is 12.4 Å². The van der Waals surface area contributed by atoms with Crippen LogP contribution in [-0.4, -0.2) is 10.2 Å². The van der Waals surface area contributed by atoms with Crippen LogP contribution >= 0.6 is 0 Å². The van der Waals surface area contributed by atoms with Crippen LogP contribution in [0.1, 0.15) is 11.1 Å². The summed E-state index contributed by atoms with van der Waals surface area (Å²) in [6, 6.07) is 15.5. The molecule has 1 heterocycles. The van der Waals surface area contributed by atoms with Crippen LogP contribution in [0.3, 0.4) is 0 Å². The highest BCUT2D eigenvalue weighted by atomic mass is 19.4. The molecule has 158 valence electrons. The van der Waals surface area contributed by atoms with Gasteiger partial charge in [0.1, 0.15) is 11.4 Å². The zero-order chi connectivity index (χ0) is 22.2. The summed E-state index contributed by atoms with van der Waals surface area (Å²) in [5.74, 6) is -0.160. The molecule has 3 aromatic carbocycles. The number of nitrogens with zero attached hydrogens (tertiary/aromatic N) is 2. The van der Waals surface area contributed by atoms with Gasteiger partial charge in [0.2, 0.25) is 5.88 Å². The monoisotopic (exact) mass is 434 g/mol. The molecule has 0 atom stereocenters. The Morgan fingerprint density at radius 2 is 1.23 bits per heavy atom.